The average molecular weight is 364 g/mol. The third-order valence-electron chi connectivity index (χ3n) is 2.39. The van der Waals surface area contributed by atoms with E-state index >= 15 is 0 Å². The normalized spacial score (nSPS) is 11.3. The zero-order valence-corrected chi connectivity index (χ0v) is 12.2. The lowest BCUT2D eigenvalue weighted by molar-refractivity contribution is 0.475. The van der Waals surface area contributed by atoms with Crippen molar-refractivity contribution in [3.05, 3.63) is 52.5 Å². The fourth-order valence-electron chi connectivity index (χ4n) is 1.48. The highest BCUT2D eigenvalue weighted by Crippen LogP contribution is 2.27. The molecule has 0 aliphatic rings. The van der Waals surface area contributed by atoms with Crippen molar-refractivity contribution in [2.24, 2.45) is 0 Å². The van der Waals surface area contributed by atoms with E-state index in [0.717, 1.165) is 30.3 Å². The minimum Gasteiger partial charge on any atom is -0.506 e. The predicted octanol–water partition coefficient (Wildman–Crippen LogP) is 3.23. The number of hydrogen-bond acceptors (Lipinski definition) is 3. The molecule has 0 radical (unpaired) electrons. The molecular weight excluding hydrogens is 356 g/mol. The van der Waals surface area contributed by atoms with E-state index in [4.69, 9.17) is 0 Å². The second-order valence-corrected chi connectivity index (χ2v) is 6.41. The average Bonchev–Trinajstić information content (AvgIpc) is 2.33. The highest BCUT2D eigenvalue weighted by atomic mass is 79.9. The molecule has 106 valence electrons. The lowest BCUT2D eigenvalue weighted by Crippen LogP contribution is -2.14. The zero-order chi connectivity index (χ0) is 14.9. The Morgan fingerprint density at radius 2 is 1.80 bits per heavy atom. The monoisotopic (exact) mass is 363 g/mol. The molecule has 0 saturated carbocycles. The molecule has 0 spiro atoms. The molecule has 4 nitrogen and oxygen atoms in total. The van der Waals surface area contributed by atoms with Crippen molar-refractivity contribution in [2.45, 2.75) is 4.90 Å². The molecule has 8 heteroatoms. The van der Waals surface area contributed by atoms with Crippen molar-refractivity contribution < 1.29 is 22.3 Å². The Kier molecular flexibility index (Phi) is 3.96. The second kappa shape index (κ2) is 5.37. The SMILES string of the molecule is O=S(=O)(Nc1cc(F)ccc1O)c1ccc(Br)cc1F. The topological polar surface area (TPSA) is 66.4 Å². The van der Waals surface area contributed by atoms with E-state index in [9.17, 15) is 22.3 Å². The number of benzene rings is 2. The van der Waals surface area contributed by atoms with Crippen molar-refractivity contribution in [1.82, 2.24) is 0 Å². The zero-order valence-electron chi connectivity index (χ0n) is 9.77. The fourth-order valence-corrected chi connectivity index (χ4v) is 2.94. The number of phenolic OH excluding ortho intramolecular Hbond substituents is 1. The minimum atomic E-state index is -4.27. The number of sulfonamides is 1. The number of halogens is 3. The third-order valence-corrected chi connectivity index (χ3v) is 4.28. The van der Waals surface area contributed by atoms with Gasteiger partial charge in [0.25, 0.3) is 10.0 Å². The Labute approximate surface area is 122 Å². The summed E-state index contributed by atoms with van der Waals surface area (Å²) in [5.41, 5.74) is -0.368. The van der Waals surface area contributed by atoms with E-state index in [1.165, 1.54) is 6.07 Å². The highest BCUT2D eigenvalue weighted by molar-refractivity contribution is 9.10. The van der Waals surface area contributed by atoms with Gasteiger partial charge >= 0.3 is 0 Å². The molecule has 2 rings (SSSR count). The van der Waals surface area contributed by atoms with Crippen LogP contribution < -0.4 is 4.72 Å². The van der Waals surface area contributed by atoms with Gasteiger partial charge in [-0.15, -0.1) is 0 Å². The van der Waals surface area contributed by atoms with Crippen LogP contribution in [0.5, 0.6) is 5.75 Å². The first-order valence-electron chi connectivity index (χ1n) is 5.26. The van der Waals surface area contributed by atoms with Crippen molar-refractivity contribution in [3.63, 3.8) is 0 Å². The van der Waals surface area contributed by atoms with E-state index in [1.54, 1.807) is 0 Å². The minimum absolute atomic E-state index is 0.368. The van der Waals surface area contributed by atoms with Crippen molar-refractivity contribution >= 4 is 31.6 Å². The first-order valence-corrected chi connectivity index (χ1v) is 7.53. The summed E-state index contributed by atoms with van der Waals surface area (Å²) in [6.07, 6.45) is 0. The molecule has 0 saturated heterocycles. The van der Waals surface area contributed by atoms with Crippen LogP contribution in [0.25, 0.3) is 0 Å². The summed E-state index contributed by atoms with van der Waals surface area (Å²) in [5, 5.41) is 9.46. The number of nitrogens with one attached hydrogen (secondary N) is 1. The van der Waals surface area contributed by atoms with Gasteiger partial charge in [-0.25, -0.2) is 17.2 Å². The molecule has 0 bridgehead atoms. The Morgan fingerprint density at radius 1 is 1.10 bits per heavy atom. The summed E-state index contributed by atoms with van der Waals surface area (Å²) in [7, 11) is -4.27. The standard InChI is InChI=1S/C12H8BrF2NO3S/c13-7-1-4-12(9(15)5-7)20(18,19)16-10-6-8(14)2-3-11(10)17/h1-6,16-17H. The van der Waals surface area contributed by atoms with Gasteiger partial charge in [-0.1, -0.05) is 15.9 Å². The van der Waals surface area contributed by atoms with Crippen molar-refractivity contribution in [2.75, 3.05) is 4.72 Å². The lowest BCUT2D eigenvalue weighted by Gasteiger charge is -2.10. The summed E-state index contributed by atoms with van der Waals surface area (Å²) >= 11 is 3.01. The molecule has 0 amide bonds. The van der Waals surface area contributed by atoms with Crippen LogP contribution >= 0.6 is 15.9 Å². The molecule has 2 N–H and O–H groups in total. The molecule has 0 aliphatic carbocycles. The van der Waals surface area contributed by atoms with Crippen molar-refractivity contribution in [1.29, 1.82) is 0 Å². The van der Waals surface area contributed by atoms with Crippen LogP contribution in [0.2, 0.25) is 0 Å². The molecule has 0 aromatic heterocycles. The van der Waals surface area contributed by atoms with Gasteiger partial charge in [0.1, 0.15) is 22.3 Å². The number of aromatic hydroxyl groups is 1. The molecule has 0 atom stereocenters. The summed E-state index contributed by atoms with van der Waals surface area (Å²) in [5.74, 6) is -2.17. The Balaban J connectivity index is 2.43. The van der Waals surface area contributed by atoms with E-state index in [0.29, 0.717) is 4.47 Å². The van der Waals surface area contributed by atoms with Gasteiger partial charge in [-0.2, -0.15) is 0 Å². The van der Waals surface area contributed by atoms with Gasteiger partial charge in [0.2, 0.25) is 0 Å². The summed E-state index contributed by atoms with van der Waals surface area (Å²) < 4.78 is 53.0. The fraction of sp³-hybridized carbons (Fsp3) is 0. The van der Waals surface area contributed by atoms with Gasteiger partial charge in [0.15, 0.2) is 0 Å². The van der Waals surface area contributed by atoms with E-state index in [2.05, 4.69) is 15.9 Å². The number of phenols is 1. The highest BCUT2D eigenvalue weighted by Gasteiger charge is 2.20. The molecular formula is C12H8BrF2NO3S. The second-order valence-electron chi connectivity index (χ2n) is 3.84. The molecule has 2 aromatic rings. The molecule has 0 heterocycles. The summed E-state index contributed by atoms with van der Waals surface area (Å²) in [6.45, 7) is 0. The van der Waals surface area contributed by atoms with Crippen LogP contribution in [0.15, 0.2) is 45.8 Å². The van der Waals surface area contributed by atoms with Gasteiger partial charge in [0, 0.05) is 10.5 Å². The van der Waals surface area contributed by atoms with Gasteiger partial charge < -0.3 is 5.11 Å². The van der Waals surface area contributed by atoms with Crippen LogP contribution in [0, 0.1) is 11.6 Å². The molecule has 2 aromatic carbocycles. The van der Waals surface area contributed by atoms with Crippen LogP contribution in [0.3, 0.4) is 0 Å². The molecule has 0 unspecified atom stereocenters. The van der Waals surface area contributed by atoms with Crippen LogP contribution in [0.4, 0.5) is 14.5 Å². The lowest BCUT2D eigenvalue weighted by atomic mass is 10.3. The molecule has 0 fully saturated rings. The Bertz CT molecular complexity index is 765. The Morgan fingerprint density at radius 3 is 2.45 bits per heavy atom. The quantitative estimate of drug-likeness (QED) is 0.822. The smallest absolute Gasteiger partial charge is 0.264 e. The van der Waals surface area contributed by atoms with Crippen molar-refractivity contribution in [3.8, 4) is 5.75 Å². The molecule has 20 heavy (non-hydrogen) atoms. The maximum Gasteiger partial charge on any atom is 0.264 e. The van der Waals surface area contributed by atoms with Crippen LogP contribution in [-0.4, -0.2) is 13.5 Å². The molecule has 0 aliphatic heterocycles. The predicted molar refractivity (Wildman–Crippen MR) is 73.0 cm³/mol. The summed E-state index contributed by atoms with van der Waals surface area (Å²) in [4.78, 5) is -0.607. The summed E-state index contributed by atoms with van der Waals surface area (Å²) in [6, 6.07) is 6.14. The van der Waals surface area contributed by atoms with Gasteiger partial charge in [0.05, 0.1) is 5.69 Å². The van der Waals surface area contributed by atoms with Crippen LogP contribution in [0.1, 0.15) is 0 Å². The first kappa shape index (κ1) is 14.7. The van der Waals surface area contributed by atoms with E-state index < -0.39 is 32.3 Å². The largest absolute Gasteiger partial charge is 0.506 e. The van der Waals surface area contributed by atoms with Crippen LogP contribution in [-0.2, 0) is 10.0 Å². The van der Waals surface area contributed by atoms with E-state index in [1.807, 2.05) is 4.72 Å². The number of hydrogen-bond donors (Lipinski definition) is 2. The van der Waals surface area contributed by atoms with Gasteiger partial charge in [-0.05, 0) is 30.3 Å². The maximum atomic E-state index is 13.6. The van der Waals surface area contributed by atoms with E-state index in [-0.39, 0.29) is 5.69 Å². The van der Waals surface area contributed by atoms with Gasteiger partial charge in [-0.3, -0.25) is 4.72 Å². The Hall–Kier alpha value is -1.67. The first-order chi connectivity index (χ1) is 9.29. The number of rotatable bonds is 3. The maximum absolute atomic E-state index is 13.6. The third kappa shape index (κ3) is 3.07. The number of anilines is 1.